The fourth-order valence-corrected chi connectivity index (χ4v) is 2.04. The van der Waals surface area contributed by atoms with Gasteiger partial charge in [-0.3, -0.25) is 0 Å². The van der Waals surface area contributed by atoms with Gasteiger partial charge in [0.2, 0.25) is 0 Å². The second-order valence-corrected chi connectivity index (χ2v) is 5.72. The SMILES string of the molecule is CC(C)CSc1ncc(CNC2CC2)cn1. The molecule has 3 nitrogen and oxygen atoms in total. The minimum absolute atomic E-state index is 0.685. The Hall–Kier alpha value is -0.610. The van der Waals surface area contributed by atoms with E-state index in [9.17, 15) is 0 Å². The van der Waals surface area contributed by atoms with Crippen molar-refractivity contribution in [3.63, 3.8) is 0 Å². The first kappa shape index (κ1) is 11.9. The van der Waals surface area contributed by atoms with Gasteiger partial charge >= 0.3 is 0 Å². The van der Waals surface area contributed by atoms with Crippen LogP contribution in [0.3, 0.4) is 0 Å². The molecule has 0 aliphatic heterocycles. The molecule has 1 aromatic rings. The van der Waals surface area contributed by atoms with Gasteiger partial charge in [-0.2, -0.15) is 0 Å². The molecule has 1 aliphatic carbocycles. The maximum Gasteiger partial charge on any atom is 0.187 e. The smallest absolute Gasteiger partial charge is 0.187 e. The van der Waals surface area contributed by atoms with Gasteiger partial charge in [-0.15, -0.1) is 0 Å². The molecule has 0 aromatic carbocycles. The Morgan fingerprint density at radius 3 is 2.62 bits per heavy atom. The van der Waals surface area contributed by atoms with Crippen molar-refractivity contribution in [3.05, 3.63) is 18.0 Å². The van der Waals surface area contributed by atoms with Crippen LogP contribution in [0.4, 0.5) is 0 Å². The van der Waals surface area contributed by atoms with Crippen molar-refractivity contribution in [1.82, 2.24) is 15.3 Å². The topological polar surface area (TPSA) is 37.8 Å². The normalized spacial score (nSPS) is 15.7. The second kappa shape index (κ2) is 5.64. The molecular formula is C12H19N3S. The predicted octanol–water partition coefficient (Wildman–Crippen LogP) is 2.48. The highest BCUT2D eigenvalue weighted by Crippen LogP contribution is 2.19. The Balaban J connectivity index is 1.78. The highest BCUT2D eigenvalue weighted by molar-refractivity contribution is 7.99. The highest BCUT2D eigenvalue weighted by Gasteiger charge is 2.19. The van der Waals surface area contributed by atoms with Crippen LogP contribution in [0.15, 0.2) is 17.6 Å². The van der Waals surface area contributed by atoms with E-state index in [4.69, 9.17) is 0 Å². The van der Waals surface area contributed by atoms with E-state index in [1.165, 1.54) is 18.4 Å². The summed E-state index contributed by atoms with van der Waals surface area (Å²) in [7, 11) is 0. The molecule has 0 unspecified atom stereocenters. The average molecular weight is 237 g/mol. The fraction of sp³-hybridized carbons (Fsp3) is 0.667. The Kier molecular flexibility index (Phi) is 4.18. The van der Waals surface area contributed by atoms with Crippen LogP contribution in [-0.2, 0) is 6.54 Å². The Morgan fingerprint density at radius 2 is 2.06 bits per heavy atom. The second-order valence-electron chi connectivity index (χ2n) is 4.73. The van der Waals surface area contributed by atoms with E-state index in [-0.39, 0.29) is 0 Å². The molecule has 1 saturated carbocycles. The van der Waals surface area contributed by atoms with Gasteiger partial charge in [0.05, 0.1) is 0 Å². The number of nitrogens with one attached hydrogen (secondary N) is 1. The summed E-state index contributed by atoms with van der Waals surface area (Å²) < 4.78 is 0. The number of rotatable bonds is 6. The molecule has 0 radical (unpaired) electrons. The van der Waals surface area contributed by atoms with Crippen molar-refractivity contribution < 1.29 is 0 Å². The molecule has 0 atom stereocenters. The lowest BCUT2D eigenvalue weighted by molar-refractivity contribution is 0.679. The minimum atomic E-state index is 0.685. The van der Waals surface area contributed by atoms with Crippen LogP contribution in [0, 0.1) is 5.92 Å². The van der Waals surface area contributed by atoms with Crippen LogP contribution in [0.2, 0.25) is 0 Å². The minimum Gasteiger partial charge on any atom is -0.310 e. The van der Waals surface area contributed by atoms with Crippen LogP contribution in [0.1, 0.15) is 32.3 Å². The highest BCUT2D eigenvalue weighted by atomic mass is 32.2. The zero-order valence-corrected chi connectivity index (χ0v) is 10.8. The number of hydrogen-bond acceptors (Lipinski definition) is 4. The van der Waals surface area contributed by atoms with Gasteiger partial charge in [-0.25, -0.2) is 9.97 Å². The van der Waals surface area contributed by atoms with Gasteiger partial charge in [-0.1, -0.05) is 25.6 Å². The third-order valence-electron chi connectivity index (χ3n) is 2.40. The summed E-state index contributed by atoms with van der Waals surface area (Å²) >= 11 is 1.73. The lowest BCUT2D eigenvalue weighted by Gasteiger charge is -2.04. The predicted molar refractivity (Wildman–Crippen MR) is 67.5 cm³/mol. The van der Waals surface area contributed by atoms with Crippen LogP contribution >= 0.6 is 11.8 Å². The molecule has 0 bridgehead atoms. The lowest BCUT2D eigenvalue weighted by Crippen LogP contribution is -2.15. The first-order valence-electron chi connectivity index (χ1n) is 5.91. The summed E-state index contributed by atoms with van der Waals surface area (Å²) in [4.78, 5) is 8.72. The van der Waals surface area contributed by atoms with Crippen molar-refractivity contribution in [3.8, 4) is 0 Å². The van der Waals surface area contributed by atoms with E-state index in [1.807, 2.05) is 12.4 Å². The lowest BCUT2D eigenvalue weighted by atomic mass is 10.3. The molecule has 0 saturated heterocycles. The van der Waals surface area contributed by atoms with E-state index < -0.39 is 0 Å². The third-order valence-corrected chi connectivity index (χ3v) is 3.70. The van der Waals surface area contributed by atoms with Crippen LogP contribution in [0.5, 0.6) is 0 Å². The van der Waals surface area contributed by atoms with Gasteiger partial charge in [0.25, 0.3) is 0 Å². The summed E-state index contributed by atoms with van der Waals surface area (Å²) in [6, 6.07) is 0.745. The molecule has 16 heavy (non-hydrogen) atoms. The van der Waals surface area contributed by atoms with E-state index >= 15 is 0 Å². The van der Waals surface area contributed by atoms with Crippen molar-refractivity contribution in [2.24, 2.45) is 5.92 Å². The van der Waals surface area contributed by atoms with Crippen molar-refractivity contribution in [2.75, 3.05) is 5.75 Å². The molecular weight excluding hydrogens is 218 g/mol. The molecule has 1 N–H and O–H groups in total. The van der Waals surface area contributed by atoms with Crippen molar-refractivity contribution >= 4 is 11.8 Å². The molecule has 0 amide bonds. The van der Waals surface area contributed by atoms with Gasteiger partial charge in [0.15, 0.2) is 5.16 Å². The quantitative estimate of drug-likeness (QED) is 0.609. The van der Waals surface area contributed by atoms with Crippen LogP contribution < -0.4 is 5.32 Å². The molecule has 0 spiro atoms. The maximum absolute atomic E-state index is 4.36. The van der Waals surface area contributed by atoms with E-state index in [1.54, 1.807) is 11.8 Å². The van der Waals surface area contributed by atoms with Gasteiger partial charge in [-0.05, 0) is 18.8 Å². The van der Waals surface area contributed by atoms with Crippen molar-refractivity contribution in [1.29, 1.82) is 0 Å². The molecule has 1 heterocycles. The Labute approximate surface area is 101 Å². The fourth-order valence-electron chi connectivity index (χ4n) is 1.30. The number of thioether (sulfide) groups is 1. The Morgan fingerprint density at radius 1 is 1.38 bits per heavy atom. The van der Waals surface area contributed by atoms with E-state index in [2.05, 4.69) is 29.1 Å². The molecule has 1 aromatic heterocycles. The van der Waals surface area contributed by atoms with E-state index in [0.29, 0.717) is 5.92 Å². The zero-order valence-electron chi connectivity index (χ0n) is 9.94. The van der Waals surface area contributed by atoms with Gasteiger partial charge in [0, 0.05) is 36.3 Å². The zero-order chi connectivity index (χ0) is 11.4. The van der Waals surface area contributed by atoms with Crippen LogP contribution in [-0.4, -0.2) is 21.8 Å². The molecule has 1 fully saturated rings. The molecule has 1 aliphatic rings. The first-order chi connectivity index (χ1) is 7.74. The van der Waals surface area contributed by atoms with Gasteiger partial charge < -0.3 is 5.32 Å². The van der Waals surface area contributed by atoms with E-state index in [0.717, 1.165) is 23.5 Å². The monoisotopic (exact) mass is 237 g/mol. The van der Waals surface area contributed by atoms with Crippen molar-refractivity contribution in [2.45, 2.75) is 44.4 Å². The van der Waals surface area contributed by atoms with Crippen LogP contribution in [0.25, 0.3) is 0 Å². The summed E-state index contributed by atoms with van der Waals surface area (Å²) in [5.41, 5.74) is 1.18. The summed E-state index contributed by atoms with van der Waals surface area (Å²) in [6.45, 7) is 5.32. The molecule has 2 rings (SSSR count). The largest absolute Gasteiger partial charge is 0.310 e. The van der Waals surface area contributed by atoms with Gasteiger partial charge in [0.1, 0.15) is 0 Å². The summed E-state index contributed by atoms with van der Waals surface area (Å²) in [6.07, 6.45) is 6.52. The molecule has 4 heteroatoms. The maximum atomic E-state index is 4.36. The first-order valence-corrected chi connectivity index (χ1v) is 6.89. The number of hydrogen-bond donors (Lipinski definition) is 1. The Bertz CT molecular complexity index is 295. The standard InChI is InChI=1S/C12H19N3S/c1-9(2)8-16-12-14-6-10(7-15-12)5-13-11-3-4-11/h6-7,9,11,13H,3-5,8H2,1-2H3. The number of aromatic nitrogens is 2. The summed E-state index contributed by atoms with van der Waals surface area (Å²) in [5.74, 6) is 1.77. The average Bonchev–Trinajstić information content (AvgIpc) is 3.09. The molecule has 88 valence electrons. The third kappa shape index (κ3) is 4.10. The number of nitrogens with zero attached hydrogens (tertiary/aromatic N) is 2. The summed E-state index contributed by atoms with van der Waals surface area (Å²) in [5, 5.41) is 4.35.